The van der Waals surface area contributed by atoms with E-state index < -0.39 is 0 Å². The first kappa shape index (κ1) is 13.2. The zero-order chi connectivity index (χ0) is 7.28. The Morgan fingerprint density at radius 1 is 1.50 bits per heavy atom. The molecule has 1 N–H and O–H groups in total. The van der Waals surface area contributed by atoms with Gasteiger partial charge in [-0.1, -0.05) is 0 Å². The molecule has 0 spiro atoms. The van der Waals surface area contributed by atoms with E-state index in [2.05, 4.69) is 0 Å². The third kappa shape index (κ3) is 6.72. The maximum atomic E-state index is 10.8. The number of carbonyl (C=O) groups excluding carboxylic acids is 1. The SMILES string of the molecule is C[C-](C)C(=O)CCCO.[Y]. The van der Waals surface area contributed by atoms with Crippen LogP contribution in [0.1, 0.15) is 26.7 Å². The molecule has 0 amide bonds. The molecule has 0 aliphatic carbocycles. The predicted octanol–water partition coefficient (Wildman–Crippen LogP) is 0.940. The van der Waals surface area contributed by atoms with E-state index in [0.29, 0.717) is 12.8 Å². The zero-order valence-corrected chi connectivity index (χ0v) is 9.39. The maximum absolute atomic E-state index is 10.8. The van der Waals surface area contributed by atoms with Gasteiger partial charge < -0.3 is 15.8 Å². The normalized spacial score (nSPS) is 8.30. The molecule has 0 atom stereocenters. The molecule has 2 nitrogen and oxygen atoms in total. The maximum Gasteiger partial charge on any atom is 0.0434 e. The van der Waals surface area contributed by atoms with Crippen LogP contribution in [0.25, 0.3) is 0 Å². The van der Waals surface area contributed by atoms with E-state index in [1.54, 1.807) is 13.8 Å². The van der Waals surface area contributed by atoms with E-state index in [9.17, 15) is 4.79 Å². The molecule has 0 aromatic rings. The Morgan fingerprint density at radius 2 is 2.00 bits per heavy atom. The van der Waals surface area contributed by atoms with Crippen LogP contribution in [0.3, 0.4) is 0 Å². The first-order valence-electron chi connectivity index (χ1n) is 3.12. The summed E-state index contributed by atoms with van der Waals surface area (Å²) in [6.07, 6.45) is 1.07. The standard InChI is InChI=1S/C7H13O2.Y/c1-6(2)7(9)4-3-5-8;/h8H,3-5H2,1-2H3;/q-1;. The molecule has 57 valence electrons. The number of rotatable bonds is 4. The molecule has 0 unspecified atom stereocenters. The van der Waals surface area contributed by atoms with Crippen LogP contribution in [0.2, 0.25) is 0 Å². The summed E-state index contributed by atoms with van der Waals surface area (Å²) in [5.41, 5.74) is 0. The van der Waals surface area contributed by atoms with Gasteiger partial charge in [0.15, 0.2) is 0 Å². The summed E-state index contributed by atoms with van der Waals surface area (Å²) in [5.74, 6) is 0.979. The van der Waals surface area contributed by atoms with E-state index in [-0.39, 0.29) is 45.1 Å². The molecule has 0 rings (SSSR count). The van der Waals surface area contributed by atoms with Crippen molar-refractivity contribution in [1.82, 2.24) is 0 Å². The quantitative estimate of drug-likeness (QED) is 0.713. The minimum Gasteiger partial charge on any atom is -0.396 e. The van der Waals surface area contributed by atoms with Crippen LogP contribution >= 0.6 is 0 Å². The van der Waals surface area contributed by atoms with Crippen molar-refractivity contribution >= 4 is 5.78 Å². The summed E-state index contributed by atoms with van der Waals surface area (Å²) in [5, 5.41) is 8.34. The second-order valence-electron chi connectivity index (χ2n) is 2.25. The van der Waals surface area contributed by atoms with E-state index in [1.165, 1.54) is 0 Å². The van der Waals surface area contributed by atoms with Crippen molar-refractivity contribution in [3.8, 4) is 0 Å². The molecule has 3 heteroatoms. The Labute approximate surface area is 87.3 Å². The van der Waals surface area contributed by atoms with Gasteiger partial charge in [-0.25, -0.2) is 0 Å². The number of hydrogen-bond acceptors (Lipinski definition) is 2. The molecule has 1 radical (unpaired) electrons. The molecule has 0 aliphatic heterocycles. The van der Waals surface area contributed by atoms with Crippen molar-refractivity contribution in [2.75, 3.05) is 6.61 Å². The van der Waals surface area contributed by atoms with Crippen molar-refractivity contribution in [2.45, 2.75) is 26.7 Å². The Morgan fingerprint density at radius 3 is 2.30 bits per heavy atom. The topological polar surface area (TPSA) is 37.3 Å². The largest absolute Gasteiger partial charge is 0.396 e. The fourth-order valence-electron chi connectivity index (χ4n) is 0.490. The number of aliphatic hydroxyl groups is 1. The van der Waals surface area contributed by atoms with Crippen LogP contribution in [0.4, 0.5) is 0 Å². The van der Waals surface area contributed by atoms with Crippen LogP contribution in [-0.4, -0.2) is 17.5 Å². The molecule has 0 saturated heterocycles. The zero-order valence-electron chi connectivity index (χ0n) is 6.55. The fourth-order valence-corrected chi connectivity index (χ4v) is 0.490. The summed E-state index contributed by atoms with van der Waals surface area (Å²) in [6.45, 7) is 3.69. The van der Waals surface area contributed by atoms with E-state index in [4.69, 9.17) is 5.11 Å². The summed E-state index contributed by atoms with van der Waals surface area (Å²) in [7, 11) is 0. The van der Waals surface area contributed by atoms with Gasteiger partial charge in [0.2, 0.25) is 0 Å². The van der Waals surface area contributed by atoms with Gasteiger partial charge in [-0.15, -0.1) is 0 Å². The molecular formula is C7H13O2Y-. The monoisotopic (exact) mass is 218 g/mol. The molecular weight excluding hydrogens is 205 g/mol. The Hall–Kier alpha value is 0.604. The van der Waals surface area contributed by atoms with Crippen molar-refractivity contribution in [3.63, 3.8) is 0 Å². The third-order valence-electron chi connectivity index (χ3n) is 1.12. The summed E-state index contributed by atoms with van der Waals surface area (Å²) in [4.78, 5) is 10.8. The average Bonchev–Trinajstić information content (AvgIpc) is 1.82. The molecule has 0 saturated carbocycles. The predicted molar refractivity (Wildman–Crippen MR) is 35.9 cm³/mol. The Bertz CT molecular complexity index is 91.6. The molecule has 0 fully saturated rings. The van der Waals surface area contributed by atoms with Crippen LogP contribution in [0.5, 0.6) is 0 Å². The first-order valence-corrected chi connectivity index (χ1v) is 3.12. The Kier molecular flexibility index (Phi) is 10.2. The molecule has 0 aliphatic rings. The van der Waals surface area contributed by atoms with Crippen LogP contribution in [-0.2, 0) is 37.5 Å². The van der Waals surface area contributed by atoms with Gasteiger partial charge in [-0.2, -0.15) is 13.8 Å². The number of hydrogen-bond donors (Lipinski definition) is 1. The van der Waals surface area contributed by atoms with Crippen molar-refractivity contribution in [2.24, 2.45) is 0 Å². The van der Waals surface area contributed by atoms with E-state index in [1.807, 2.05) is 0 Å². The molecule has 0 bridgehead atoms. The van der Waals surface area contributed by atoms with Gasteiger partial charge >= 0.3 is 0 Å². The van der Waals surface area contributed by atoms with Gasteiger partial charge in [0.25, 0.3) is 0 Å². The Balaban J connectivity index is 0. The number of aliphatic hydroxyl groups excluding tert-OH is 1. The van der Waals surface area contributed by atoms with Crippen LogP contribution in [0.15, 0.2) is 0 Å². The van der Waals surface area contributed by atoms with Gasteiger partial charge in [-0.3, -0.25) is 0 Å². The van der Waals surface area contributed by atoms with Crippen LogP contribution in [0, 0.1) is 5.92 Å². The fraction of sp³-hybridized carbons (Fsp3) is 0.714. The first-order chi connectivity index (χ1) is 4.18. The van der Waals surface area contributed by atoms with Crippen molar-refractivity contribution < 1.29 is 42.6 Å². The molecule has 10 heavy (non-hydrogen) atoms. The second-order valence-corrected chi connectivity index (χ2v) is 2.25. The second kappa shape index (κ2) is 7.71. The molecule has 0 heterocycles. The number of carbonyl (C=O) groups is 1. The minimum atomic E-state index is 0. The number of ketones is 1. The number of Topliss-reactive ketones (excluding diaryl/α,β-unsaturated/α-hetero) is 1. The summed E-state index contributed by atoms with van der Waals surface area (Å²) in [6, 6.07) is 0. The third-order valence-corrected chi connectivity index (χ3v) is 1.12. The summed E-state index contributed by atoms with van der Waals surface area (Å²) >= 11 is 0. The van der Waals surface area contributed by atoms with E-state index in [0.717, 1.165) is 5.92 Å². The van der Waals surface area contributed by atoms with Gasteiger partial charge in [0, 0.05) is 45.1 Å². The minimum absolute atomic E-state index is 0. The smallest absolute Gasteiger partial charge is 0.0434 e. The summed E-state index contributed by atoms with van der Waals surface area (Å²) < 4.78 is 0. The van der Waals surface area contributed by atoms with Crippen LogP contribution < -0.4 is 0 Å². The van der Waals surface area contributed by atoms with Crippen molar-refractivity contribution in [3.05, 3.63) is 5.92 Å². The van der Waals surface area contributed by atoms with E-state index >= 15 is 0 Å². The molecule has 0 aromatic heterocycles. The van der Waals surface area contributed by atoms with Gasteiger partial charge in [0.1, 0.15) is 0 Å². The van der Waals surface area contributed by atoms with Crippen molar-refractivity contribution in [1.29, 1.82) is 0 Å². The molecule has 0 aromatic carbocycles. The van der Waals surface area contributed by atoms with Gasteiger partial charge in [-0.05, 0) is 12.8 Å². The van der Waals surface area contributed by atoms with Gasteiger partial charge in [0.05, 0.1) is 0 Å². The average molecular weight is 218 g/mol.